The van der Waals surface area contributed by atoms with Crippen molar-refractivity contribution in [3.63, 3.8) is 0 Å². The van der Waals surface area contributed by atoms with E-state index >= 15 is 0 Å². The Morgan fingerprint density at radius 3 is 2.55 bits per heavy atom. The Hall–Kier alpha value is -3.32. The number of rotatable bonds is 5. The largest absolute Gasteiger partial charge is 0.326 e. The average molecular weight is 435 g/mol. The summed E-state index contributed by atoms with van der Waals surface area (Å²) in [5.41, 5.74) is 7.20. The number of aromatic nitrogens is 3. The first kappa shape index (κ1) is 20.9. The molecule has 2 aromatic heterocycles. The number of anilines is 1. The fourth-order valence-electron chi connectivity index (χ4n) is 3.54. The summed E-state index contributed by atoms with van der Waals surface area (Å²) in [6.45, 7) is 7.86. The van der Waals surface area contributed by atoms with Gasteiger partial charge in [-0.1, -0.05) is 17.7 Å². The molecule has 1 amide bonds. The number of nitrogens with zero attached hydrogens (tertiary/aromatic N) is 3. The van der Waals surface area contributed by atoms with E-state index in [1.54, 1.807) is 16.8 Å². The van der Waals surface area contributed by atoms with Gasteiger partial charge in [-0.05, 0) is 63.6 Å². The predicted octanol–water partition coefficient (Wildman–Crippen LogP) is 5.55. The highest BCUT2D eigenvalue weighted by Gasteiger charge is 2.18. The Bertz CT molecular complexity index is 1260. The zero-order valence-corrected chi connectivity index (χ0v) is 18.7. The number of hydrogen-bond acceptors (Lipinski definition) is 4. The van der Waals surface area contributed by atoms with Crippen LogP contribution in [0.4, 0.5) is 10.1 Å². The number of amides is 1. The third-order valence-electron chi connectivity index (χ3n) is 5.25. The quantitative estimate of drug-likeness (QED) is 0.448. The van der Waals surface area contributed by atoms with Gasteiger partial charge in [-0.15, -0.1) is 11.3 Å². The monoisotopic (exact) mass is 434 g/mol. The molecule has 31 heavy (non-hydrogen) atoms. The lowest BCUT2D eigenvalue weighted by Crippen LogP contribution is -2.16. The molecule has 7 heteroatoms. The molecule has 1 N–H and O–H groups in total. The first-order valence-electron chi connectivity index (χ1n) is 9.96. The number of aryl methyl sites for hydroxylation is 3. The molecule has 0 atom stereocenters. The van der Waals surface area contributed by atoms with Gasteiger partial charge in [0.25, 0.3) is 0 Å². The van der Waals surface area contributed by atoms with E-state index in [-0.39, 0.29) is 18.1 Å². The van der Waals surface area contributed by atoms with Crippen molar-refractivity contribution in [3.05, 3.63) is 81.7 Å². The minimum atomic E-state index is -0.276. The molecule has 0 aliphatic rings. The van der Waals surface area contributed by atoms with Crippen LogP contribution in [0.2, 0.25) is 0 Å². The van der Waals surface area contributed by atoms with Gasteiger partial charge in [0, 0.05) is 27.9 Å². The van der Waals surface area contributed by atoms with Gasteiger partial charge in [-0.3, -0.25) is 4.79 Å². The Morgan fingerprint density at radius 2 is 1.84 bits per heavy atom. The fourth-order valence-corrected chi connectivity index (χ4v) is 4.38. The van der Waals surface area contributed by atoms with Crippen molar-refractivity contribution < 1.29 is 9.18 Å². The number of halogens is 1. The van der Waals surface area contributed by atoms with Crippen LogP contribution in [0.1, 0.15) is 28.1 Å². The maximum absolute atomic E-state index is 13.2. The van der Waals surface area contributed by atoms with Crippen molar-refractivity contribution in [1.29, 1.82) is 0 Å². The van der Waals surface area contributed by atoms with Crippen molar-refractivity contribution in [2.45, 2.75) is 34.1 Å². The van der Waals surface area contributed by atoms with E-state index in [0.717, 1.165) is 45.0 Å². The van der Waals surface area contributed by atoms with E-state index in [2.05, 4.69) is 15.4 Å². The van der Waals surface area contributed by atoms with E-state index in [4.69, 9.17) is 0 Å². The van der Waals surface area contributed by atoms with Gasteiger partial charge in [0.15, 0.2) is 0 Å². The van der Waals surface area contributed by atoms with E-state index in [1.165, 1.54) is 23.5 Å². The molecule has 0 unspecified atom stereocenters. The van der Waals surface area contributed by atoms with Crippen LogP contribution in [-0.2, 0) is 11.2 Å². The zero-order valence-electron chi connectivity index (χ0n) is 17.9. The highest BCUT2D eigenvalue weighted by Crippen LogP contribution is 2.27. The molecule has 158 valence electrons. The predicted molar refractivity (Wildman–Crippen MR) is 122 cm³/mol. The summed E-state index contributed by atoms with van der Waals surface area (Å²) in [6, 6.07) is 12.2. The van der Waals surface area contributed by atoms with Gasteiger partial charge in [0.1, 0.15) is 5.82 Å². The zero-order chi connectivity index (χ0) is 22.1. The standard InChI is InChI=1S/C24H23FN4OS/c1-14-5-10-21(15(2)11-14)26-23(30)12-20-16(3)28-29(17(20)4)24-27-22(13-31-24)18-6-8-19(25)9-7-18/h5-11,13H,12H2,1-4H3,(H,26,30). The number of carbonyl (C=O) groups is 1. The average Bonchev–Trinajstić information content (AvgIpc) is 3.31. The summed E-state index contributed by atoms with van der Waals surface area (Å²) in [6.07, 6.45) is 0.237. The van der Waals surface area contributed by atoms with Crippen LogP contribution in [-0.4, -0.2) is 20.7 Å². The summed E-state index contributed by atoms with van der Waals surface area (Å²) >= 11 is 1.46. The van der Waals surface area contributed by atoms with Crippen LogP contribution in [0, 0.1) is 33.5 Å². The fraction of sp³-hybridized carbons (Fsp3) is 0.208. The topological polar surface area (TPSA) is 59.8 Å². The Balaban J connectivity index is 1.55. The van der Waals surface area contributed by atoms with Crippen molar-refractivity contribution in [3.8, 4) is 16.4 Å². The van der Waals surface area contributed by atoms with Gasteiger partial charge in [-0.25, -0.2) is 14.1 Å². The number of benzene rings is 2. The van der Waals surface area contributed by atoms with Crippen molar-refractivity contribution >= 4 is 22.9 Å². The van der Waals surface area contributed by atoms with Crippen LogP contribution in [0.3, 0.4) is 0 Å². The van der Waals surface area contributed by atoms with E-state index in [9.17, 15) is 9.18 Å². The number of carbonyl (C=O) groups excluding carboxylic acids is 1. The second-order valence-electron chi connectivity index (χ2n) is 7.63. The van der Waals surface area contributed by atoms with Crippen molar-refractivity contribution in [1.82, 2.24) is 14.8 Å². The summed E-state index contributed by atoms with van der Waals surface area (Å²) < 4.78 is 15.0. The lowest BCUT2D eigenvalue weighted by Gasteiger charge is -2.09. The smallest absolute Gasteiger partial charge is 0.228 e. The van der Waals surface area contributed by atoms with Crippen LogP contribution in [0.25, 0.3) is 16.4 Å². The molecule has 0 saturated carbocycles. The molecular formula is C24H23FN4OS. The SMILES string of the molecule is Cc1ccc(NC(=O)Cc2c(C)nn(-c3nc(-c4ccc(F)cc4)cs3)c2C)c(C)c1. The highest BCUT2D eigenvalue weighted by atomic mass is 32.1. The van der Waals surface area contributed by atoms with Gasteiger partial charge in [0.05, 0.1) is 17.8 Å². The molecule has 0 fully saturated rings. The summed E-state index contributed by atoms with van der Waals surface area (Å²) in [7, 11) is 0. The van der Waals surface area contributed by atoms with Crippen LogP contribution in [0.15, 0.2) is 47.8 Å². The molecule has 0 radical (unpaired) electrons. The van der Waals surface area contributed by atoms with Crippen LogP contribution < -0.4 is 5.32 Å². The maximum atomic E-state index is 13.2. The van der Waals surface area contributed by atoms with Crippen molar-refractivity contribution in [2.24, 2.45) is 0 Å². The third-order valence-corrected chi connectivity index (χ3v) is 6.06. The first-order chi connectivity index (χ1) is 14.8. The summed E-state index contributed by atoms with van der Waals surface area (Å²) in [4.78, 5) is 17.4. The van der Waals surface area contributed by atoms with Crippen LogP contribution >= 0.6 is 11.3 Å². The molecule has 0 aliphatic heterocycles. The van der Waals surface area contributed by atoms with E-state index in [0.29, 0.717) is 5.13 Å². The van der Waals surface area contributed by atoms with Gasteiger partial charge in [-0.2, -0.15) is 5.10 Å². The molecule has 0 spiro atoms. The first-order valence-corrected chi connectivity index (χ1v) is 10.8. The molecular weight excluding hydrogens is 411 g/mol. The van der Waals surface area contributed by atoms with E-state index < -0.39 is 0 Å². The second-order valence-corrected chi connectivity index (χ2v) is 8.46. The molecule has 2 aromatic carbocycles. The van der Waals surface area contributed by atoms with Gasteiger partial charge >= 0.3 is 0 Å². The highest BCUT2D eigenvalue weighted by molar-refractivity contribution is 7.12. The molecule has 4 rings (SSSR count). The summed E-state index contributed by atoms with van der Waals surface area (Å²) in [5, 5.41) is 10.2. The van der Waals surface area contributed by atoms with Crippen LogP contribution in [0.5, 0.6) is 0 Å². The maximum Gasteiger partial charge on any atom is 0.228 e. The molecule has 0 bridgehead atoms. The third kappa shape index (κ3) is 4.41. The second kappa shape index (κ2) is 8.43. The molecule has 0 saturated heterocycles. The summed E-state index contributed by atoms with van der Waals surface area (Å²) in [5.74, 6) is -0.356. The van der Waals surface area contributed by atoms with E-state index in [1.807, 2.05) is 51.3 Å². The van der Waals surface area contributed by atoms with Crippen molar-refractivity contribution in [2.75, 3.05) is 5.32 Å². The lowest BCUT2D eigenvalue weighted by atomic mass is 10.1. The minimum Gasteiger partial charge on any atom is -0.326 e. The Morgan fingerprint density at radius 1 is 1.10 bits per heavy atom. The molecule has 5 nitrogen and oxygen atoms in total. The normalized spacial score (nSPS) is 11.0. The Kier molecular flexibility index (Phi) is 5.69. The number of nitrogens with one attached hydrogen (secondary N) is 1. The molecule has 4 aromatic rings. The van der Waals surface area contributed by atoms with Gasteiger partial charge < -0.3 is 5.32 Å². The number of thiazole rings is 1. The Labute approximate surface area is 184 Å². The molecule has 2 heterocycles. The lowest BCUT2D eigenvalue weighted by molar-refractivity contribution is -0.115. The van der Waals surface area contributed by atoms with Gasteiger partial charge in [0.2, 0.25) is 11.0 Å². The number of hydrogen-bond donors (Lipinski definition) is 1. The minimum absolute atomic E-state index is 0.0798. The molecule has 0 aliphatic carbocycles.